The van der Waals surface area contributed by atoms with E-state index >= 15 is 0 Å². The highest BCUT2D eigenvalue weighted by molar-refractivity contribution is 7.79. The predicted molar refractivity (Wildman–Crippen MR) is 132 cm³/mol. The van der Waals surface area contributed by atoms with Crippen LogP contribution in [0.2, 0.25) is 0 Å². The van der Waals surface area contributed by atoms with Gasteiger partial charge in [0.05, 0.1) is 6.61 Å². The van der Waals surface area contributed by atoms with Crippen molar-refractivity contribution in [1.82, 2.24) is 14.9 Å². The van der Waals surface area contributed by atoms with Gasteiger partial charge in [-0.25, -0.2) is 9.97 Å². The van der Waals surface area contributed by atoms with Gasteiger partial charge in [-0.15, -0.1) is 0 Å². The molecule has 1 amide bonds. The first-order valence-corrected chi connectivity index (χ1v) is 11.9. The summed E-state index contributed by atoms with van der Waals surface area (Å²) in [6.45, 7) is 4.86. The van der Waals surface area contributed by atoms with Gasteiger partial charge < -0.3 is 24.8 Å². The summed E-state index contributed by atoms with van der Waals surface area (Å²) < 4.78 is 27.6. The minimum absolute atomic E-state index is 0. The fourth-order valence-corrected chi connectivity index (χ4v) is 3.74. The van der Waals surface area contributed by atoms with E-state index in [0.717, 1.165) is 11.3 Å². The van der Waals surface area contributed by atoms with Crippen LogP contribution >= 0.6 is 0 Å². The number of amides is 1. The molecule has 2 N–H and O–H groups in total. The first-order valence-electron chi connectivity index (χ1n) is 10.8. The molecule has 9 nitrogen and oxygen atoms in total. The summed E-state index contributed by atoms with van der Waals surface area (Å²) in [6, 6.07) is 18.2. The highest BCUT2D eigenvalue weighted by Crippen LogP contribution is 2.19. The highest BCUT2D eigenvalue weighted by Gasteiger charge is 2.25. The van der Waals surface area contributed by atoms with Gasteiger partial charge in [-0.05, 0) is 53.9 Å². The van der Waals surface area contributed by atoms with Gasteiger partial charge in [-0.2, -0.15) is 0 Å². The zero-order chi connectivity index (χ0) is 24.3. The lowest BCUT2D eigenvalue weighted by Gasteiger charge is -2.37. The standard InChI is InChI=1S/C20H24N2O4S.C4H5N3.H2/c1-16(26-15-17-5-3-2-4-6-17)20(23)22-13-11-21(12-14-22)18-7-9-19(10-8-18)27(24)25;5-4-1-2-6-3-7-4;/h2-10,16H,11-15H2,1H3,(H,24,25);1-3H,(H2,5,6,7);1H/p-1. The van der Waals surface area contributed by atoms with Crippen LogP contribution in [-0.4, -0.2) is 61.8 Å². The lowest BCUT2D eigenvalue weighted by molar-refractivity contribution is -0.143. The number of hydrogen-bond acceptors (Lipinski definition) is 8. The number of benzene rings is 2. The third kappa shape index (κ3) is 7.62. The fraction of sp³-hybridized carbons (Fsp3) is 0.292. The zero-order valence-corrected chi connectivity index (χ0v) is 19.8. The van der Waals surface area contributed by atoms with E-state index in [4.69, 9.17) is 10.5 Å². The topological polar surface area (TPSA) is 125 Å². The van der Waals surface area contributed by atoms with Crippen LogP contribution in [0.5, 0.6) is 0 Å². The minimum Gasteiger partial charge on any atom is -0.768 e. The second kappa shape index (κ2) is 12.8. The lowest BCUT2D eigenvalue weighted by Crippen LogP contribution is -2.51. The van der Waals surface area contributed by atoms with Gasteiger partial charge in [-0.1, -0.05) is 30.3 Å². The molecule has 0 spiro atoms. The monoisotopic (exact) mass is 484 g/mol. The number of piperazine rings is 1. The van der Waals surface area contributed by atoms with Crippen LogP contribution in [0.1, 0.15) is 13.9 Å². The summed E-state index contributed by atoms with van der Waals surface area (Å²) in [6.07, 6.45) is 2.53. The molecule has 3 aromatic rings. The zero-order valence-electron chi connectivity index (χ0n) is 18.9. The van der Waals surface area contributed by atoms with Gasteiger partial charge in [0.25, 0.3) is 5.91 Å². The quantitative estimate of drug-likeness (QED) is 0.529. The number of rotatable bonds is 6. The molecule has 0 saturated carbocycles. The van der Waals surface area contributed by atoms with Gasteiger partial charge in [0.2, 0.25) is 0 Å². The summed E-state index contributed by atoms with van der Waals surface area (Å²) in [5.41, 5.74) is 7.22. The Kier molecular flexibility index (Phi) is 9.51. The third-order valence-corrected chi connectivity index (χ3v) is 5.94. The van der Waals surface area contributed by atoms with Crippen LogP contribution in [0, 0.1) is 0 Å². The van der Waals surface area contributed by atoms with Crippen LogP contribution in [0.3, 0.4) is 0 Å². The molecule has 4 rings (SSSR count). The molecule has 1 aliphatic rings. The molecule has 1 saturated heterocycles. The number of carbonyl (C=O) groups excluding carboxylic acids is 1. The molecule has 2 aromatic carbocycles. The number of hydrogen-bond donors (Lipinski definition) is 1. The number of ether oxygens (including phenoxy) is 1. The molecule has 2 heterocycles. The summed E-state index contributed by atoms with van der Waals surface area (Å²) in [7, 11) is 0. The molecule has 34 heavy (non-hydrogen) atoms. The van der Waals surface area contributed by atoms with E-state index in [9.17, 15) is 13.6 Å². The number of anilines is 2. The summed E-state index contributed by atoms with van der Waals surface area (Å²) in [4.78, 5) is 24.1. The molecule has 182 valence electrons. The molecule has 1 aliphatic heterocycles. The number of nitrogen functional groups attached to an aromatic ring is 1. The molecule has 1 fully saturated rings. The lowest BCUT2D eigenvalue weighted by atomic mass is 10.2. The van der Waals surface area contributed by atoms with E-state index < -0.39 is 17.2 Å². The molecule has 0 radical (unpaired) electrons. The van der Waals surface area contributed by atoms with Gasteiger partial charge in [0.15, 0.2) is 0 Å². The van der Waals surface area contributed by atoms with Crippen molar-refractivity contribution in [2.45, 2.75) is 24.5 Å². The second-order valence-corrected chi connectivity index (χ2v) is 8.55. The number of aromatic nitrogens is 2. The molecular formula is C24H30N5O4S-. The van der Waals surface area contributed by atoms with Crippen molar-refractivity contribution in [3.63, 3.8) is 0 Å². The summed E-state index contributed by atoms with van der Waals surface area (Å²) in [5, 5.41) is 0. The Morgan fingerprint density at radius 2 is 1.79 bits per heavy atom. The largest absolute Gasteiger partial charge is 0.768 e. The minimum atomic E-state index is -2.21. The molecule has 1 aromatic heterocycles. The molecular weight excluding hydrogens is 454 g/mol. The van der Waals surface area contributed by atoms with Crippen molar-refractivity contribution in [1.29, 1.82) is 0 Å². The van der Waals surface area contributed by atoms with Crippen molar-refractivity contribution >= 4 is 28.5 Å². The maximum atomic E-state index is 12.6. The summed E-state index contributed by atoms with van der Waals surface area (Å²) in [5.74, 6) is 0.512. The van der Waals surface area contributed by atoms with E-state index in [1.165, 1.54) is 6.33 Å². The Morgan fingerprint density at radius 1 is 1.12 bits per heavy atom. The van der Waals surface area contributed by atoms with E-state index in [-0.39, 0.29) is 12.2 Å². The van der Waals surface area contributed by atoms with Crippen LogP contribution in [0.4, 0.5) is 11.5 Å². The number of nitrogens with two attached hydrogens (primary N) is 1. The molecule has 2 unspecified atom stereocenters. The van der Waals surface area contributed by atoms with Crippen molar-refractivity contribution < 1.29 is 19.7 Å². The van der Waals surface area contributed by atoms with Gasteiger partial charge in [0, 0.05) is 44.4 Å². The number of carbonyl (C=O) groups is 1. The SMILES string of the molecule is CC(OCc1ccccc1)C(=O)N1CCN(c2ccc(S(=O)[O-])cc2)CC1.Nc1ccncn1.[HH]. The van der Waals surface area contributed by atoms with Gasteiger partial charge in [0.1, 0.15) is 18.2 Å². The highest BCUT2D eigenvalue weighted by atomic mass is 32.2. The molecule has 0 aliphatic carbocycles. The van der Waals surface area contributed by atoms with Crippen LogP contribution in [-0.2, 0) is 27.2 Å². The fourth-order valence-electron chi connectivity index (χ4n) is 3.38. The number of nitrogens with zero attached hydrogens (tertiary/aromatic N) is 4. The Labute approximate surface area is 203 Å². The van der Waals surface area contributed by atoms with Gasteiger partial charge >= 0.3 is 0 Å². The average molecular weight is 485 g/mol. The van der Waals surface area contributed by atoms with E-state index in [1.807, 2.05) is 35.2 Å². The van der Waals surface area contributed by atoms with Crippen LogP contribution in [0.25, 0.3) is 0 Å². The third-order valence-electron chi connectivity index (χ3n) is 5.28. The second-order valence-electron chi connectivity index (χ2n) is 7.61. The van der Waals surface area contributed by atoms with Gasteiger partial charge in [-0.3, -0.25) is 9.00 Å². The summed E-state index contributed by atoms with van der Waals surface area (Å²) >= 11 is -2.21. The average Bonchev–Trinajstić information content (AvgIpc) is 2.88. The van der Waals surface area contributed by atoms with Crippen molar-refractivity contribution in [2.75, 3.05) is 36.8 Å². The first-order chi connectivity index (χ1) is 16.4. The maximum Gasteiger partial charge on any atom is 0.251 e. The molecule has 10 heteroatoms. The van der Waals surface area contributed by atoms with Crippen LogP contribution in [0.15, 0.2) is 78.1 Å². The van der Waals surface area contributed by atoms with Crippen molar-refractivity contribution in [3.8, 4) is 0 Å². The Balaban J connectivity index is 0.000000465. The van der Waals surface area contributed by atoms with E-state index in [0.29, 0.717) is 38.6 Å². The Morgan fingerprint density at radius 3 is 2.32 bits per heavy atom. The normalized spacial score (nSPS) is 15.1. The van der Waals surface area contributed by atoms with E-state index in [1.54, 1.807) is 43.5 Å². The molecule has 0 bridgehead atoms. The van der Waals surface area contributed by atoms with Crippen molar-refractivity contribution in [2.24, 2.45) is 0 Å². The van der Waals surface area contributed by atoms with E-state index in [2.05, 4.69) is 14.9 Å². The van der Waals surface area contributed by atoms with Crippen molar-refractivity contribution in [3.05, 3.63) is 78.8 Å². The Hall–Kier alpha value is -3.34. The predicted octanol–water partition coefficient (Wildman–Crippen LogP) is 2.48. The molecule has 2 atom stereocenters. The first kappa shape index (κ1) is 25.3. The Bertz CT molecular complexity index is 1050. The van der Waals surface area contributed by atoms with Crippen LogP contribution < -0.4 is 10.6 Å². The maximum absolute atomic E-state index is 12.6. The smallest absolute Gasteiger partial charge is 0.251 e.